The fourth-order valence-corrected chi connectivity index (χ4v) is 5.40. The Labute approximate surface area is 85.7 Å². The van der Waals surface area contributed by atoms with Crippen LogP contribution in [0.3, 0.4) is 0 Å². The summed E-state index contributed by atoms with van der Waals surface area (Å²) in [4.78, 5) is 0. The van der Waals surface area contributed by atoms with E-state index < -0.39 is 8.07 Å². The Bertz CT molecular complexity index is 134. The third kappa shape index (κ3) is 3.19. The smallest absolute Gasteiger partial charge is 0.0540 e. The Morgan fingerprint density at radius 2 is 1.83 bits per heavy atom. The van der Waals surface area contributed by atoms with Gasteiger partial charge in [-0.1, -0.05) is 48.9 Å². The number of aliphatic hydroxyl groups excluding tert-OH is 1. The Hall–Kier alpha value is 0.657. The van der Waals surface area contributed by atoms with E-state index in [1.165, 1.54) is 6.04 Å². The molecule has 1 nitrogen and oxygen atoms in total. The molecule has 74 valence electrons. The highest BCUT2D eigenvalue weighted by molar-refractivity contribution is 9.09. The summed E-state index contributed by atoms with van der Waals surface area (Å²) in [6.07, 6.45) is 0.968. The van der Waals surface area contributed by atoms with E-state index in [9.17, 15) is 0 Å². The lowest BCUT2D eigenvalue weighted by atomic mass is 10.2. The van der Waals surface area contributed by atoms with Crippen molar-refractivity contribution in [3.8, 4) is 0 Å². The minimum atomic E-state index is -1.16. The van der Waals surface area contributed by atoms with Crippen molar-refractivity contribution in [1.82, 2.24) is 0 Å². The van der Waals surface area contributed by atoms with Gasteiger partial charge in [-0.2, -0.15) is 0 Å². The average molecular weight is 253 g/mol. The van der Waals surface area contributed by atoms with Gasteiger partial charge in [-0.25, -0.2) is 0 Å². The number of hydrogen-bond acceptors (Lipinski definition) is 1. The van der Waals surface area contributed by atoms with Crippen molar-refractivity contribution in [3.05, 3.63) is 0 Å². The molecule has 3 heteroatoms. The molecule has 0 aromatic carbocycles. The summed E-state index contributed by atoms with van der Waals surface area (Å²) in [7, 11) is -1.16. The molecule has 0 saturated carbocycles. The standard InChI is InChI=1S/C9H21BrOSi/c1-9(2,8-10)12(3,4)7-5-6-11/h11H,5-8H2,1-4H3. The zero-order chi connectivity index (χ0) is 9.83. The summed E-state index contributed by atoms with van der Waals surface area (Å²) in [5, 5.41) is 10.3. The number of rotatable bonds is 5. The molecule has 0 spiro atoms. The molecular formula is C9H21BrOSi. The SMILES string of the molecule is CC(C)(CBr)[Si](C)(C)CCCO. The molecule has 0 aromatic heterocycles. The van der Waals surface area contributed by atoms with Crippen LogP contribution in [-0.2, 0) is 0 Å². The van der Waals surface area contributed by atoms with Gasteiger partial charge in [0.25, 0.3) is 0 Å². The van der Waals surface area contributed by atoms with E-state index in [1.54, 1.807) is 0 Å². The third-order valence-electron chi connectivity index (χ3n) is 3.13. The van der Waals surface area contributed by atoms with Gasteiger partial charge >= 0.3 is 0 Å². The lowest BCUT2D eigenvalue weighted by molar-refractivity contribution is 0.294. The monoisotopic (exact) mass is 252 g/mol. The molecule has 0 rings (SSSR count). The highest BCUT2D eigenvalue weighted by atomic mass is 79.9. The van der Waals surface area contributed by atoms with E-state index in [-0.39, 0.29) is 0 Å². The largest absolute Gasteiger partial charge is 0.396 e. The molecule has 0 aliphatic rings. The molecule has 0 fully saturated rings. The number of hydrogen-bond donors (Lipinski definition) is 1. The highest BCUT2D eigenvalue weighted by Gasteiger charge is 2.37. The van der Waals surface area contributed by atoms with E-state index in [0.29, 0.717) is 11.6 Å². The van der Waals surface area contributed by atoms with Crippen LogP contribution in [0.2, 0.25) is 24.2 Å². The van der Waals surface area contributed by atoms with Crippen LogP contribution in [0.5, 0.6) is 0 Å². The van der Waals surface area contributed by atoms with E-state index in [2.05, 4.69) is 42.9 Å². The van der Waals surface area contributed by atoms with Crippen molar-refractivity contribution in [2.24, 2.45) is 0 Å². The van der Waals surface area contributed by atoms with Crippen molar-refractivity contribution in [2.45, 2.75) is 44.4 Å². The minimum Gasteiger partial charge on any atom is -0.396 e. The van der Waals surface area contributed by atoms with Gasteiger partial charge in [-0.05, 0) is 11.5 Å². The molecule has 0 aliphatic heterocycles. The van der Waals surface area contributed by atoms with Crippen molar-refractivity contribution in [3.63, 3.8) is 0 Å². The molecule has 12 heavy (non-hydrogen) atoms. The molecule has 0 unspecified atom stereocenters. The Balaban J connectivity index is 4.17. The van der Waals surface area contributed by atoms with Crippen LogP contribution in [0.4, 0.5) is 0 Å². The van der Waals surface area contributed by atoms with Gasteiger partial charge in [0.2, 0.25) is 0 Å². The van der Waals surface area contributed by atoms with Gasteiger partial charge < -0.3 is 5.11 Å². The third-order valence-corrected chi connectivity index (χ3v) is 10.5. The van der Waals surface area contributed by atoms with Crippen LogP contribution in [-0.4, -0.2) is 25.1 Å². The fraction of sp³-hybridized carbons (Fsp3) is 1.00. The molecule has 0 aliphatic carbocycles. The molecule has 0 heterocycles. The maximum Gasteiger partial charge on any atom is 0.0540 e. The zero-order valence-corrected chi connectivity index (χ0v) is 11.2. The van der Waals surface area contributed by atoms with Gasteiger partial charge in [0.15, 0.2) is 0 Å². The quantitative estimate of drug-likeness (QED) is 0.589. The Kier molecular flexibility index (Phi) is 5.03. The van der Waals surface area contributed by atoms with Crippen LogP contribution in [0.15, 0.2) is 0 Å². The van der Waals surface area contributed by atoms with Gasteiger partial charge in [0.1, 0.15) is 0 Å². The fourth-order valence-electron chi connectivity index (χ4n) is 1.04. The van der Waals surface area contributed by atoms with Crippen molar-refractivity contribution < 1.29 is 5.11 Å². The second-order valence-electron chi connectivity index (χ2n) is 4.73. The first-order valence-corrected chi connectivity index (χ1v) is 8.87. The van der Waals surface area contributed by atoms with Crippen molar-refractivity contribution in [2.75, 3.05) is 11.9 Å². The number of aliphatic hydroxyl groups is 1. The van der Waals surface area contributed by atoms with Crippen LogP contribution >= 0.6 is 15.9 Å². The van der Waals surface area contributed by atoms with Crippen LogP contribution < -0.4 is 0 Å². The summed E-state index contributed by atoms with van der Waals surface area (Å²) in [6, 6.07) is 1.22. The zero-order valence-electron chi connectivity index (χ0n) is 8.65. The first kappa shape index (κ1) is 12.7. The summed E-state index contributed by atoms with van der Waals surface area (Å²) >= 11 is 3.57. The molecule has 0 atom stereocenters. The molecule has 0 saturated heterocycles. The predicted octanol–water partition coefficient (Wildman–Crippen LogP) is 3.25. The van der Waals surface area contributed by atoms with Gasteiger partial charge in [-0.3, -0.25) is 0 Å². The molecule has 0 amide bonds. The average Bonchev–Trinajstić information content (AvgIpc) is 2.00. The maximum atomic E-state index is 8.78. The minimum absolute atomic E-state index is 0.342. The molecular weight excluding hydrogens is 232 g/mol. The first-order chi connectivity index (χ1) is 5.37. The molecule has 0 bridgehead atoms. The van der Waals surface area contributed by atoms with E-state index in [1.807, 2.05) is 0 Å². The lowest BCUT2D eigenvalue weighted by Crippen LogP contribution is -2.39. The summed E-state index contributed by atoms with van der Waals surface area (Å²) in [6.45, 7) is 9.80. The van der Waals surface area contributed by atoms with Crippen molar-refractivity contribution in [1.29, 1.82) is 0 Å². The second kappa shape index (κ2) is 4.77. The summed E-state index contributed by atoms with van der Waals surface area (Å²) < 4.78 is 0. The molecule has 0 aromatic rings. The predicted molar refractivity (Wildman–Crippen MR) is 61.8 cm³/mol. The summed E-state index contributed by atoms with van der Waals surface area (Å²) in [5.74, 6) is 0. The first-order valence-electron chi connectivity index (χ1n) is 4.54. The van der Waals surface area contributed by atoms with E-state index in [4.69, 9.17) is 5.11 Å². The van der Waals surface area contributed by atoms with E-state index >= 15 is 0 Å². The lowest BCUT2D eigenvalue weighted by Gasteiger charge is -2.38. The van der Waals surface area contributed by atoms with Gasteiger partial charge in [-0.15, -0.1) is 0 Å². The topological polar surface area (TPSA) is 20.2 Å². The number of alkyl halides is 1. The van der Waals surface area contributed by atoms with Crippen LogP contribution in [0, 0.1) is 0 Å². The van der Waals surface area contributed by atoms with Crippen LogP contribution in [0.1, 0.15) is 20.3 Å². The van der Waals surface area contributed by atoms with Gasteiger partial charge in [0.05, 0.1) is 8.07 Å². The van der Waals surface area contributed by atoms with E-state index in [0.717, 1.165) is 11.8 Å². The second-order valence-corrected chi connectivity index (χ2v) is 10.9. The highest BCUT2D eigenvalue weighted by Crippen LogP contribution is 2.41. The van der Waals surface area contributed by atoms with Crippen LogP contribution in [0.25, 0.3) is 0 Å². The number of halogens is 1. The molecule has 1 N–H and O–H groups in total. The Morgan fingerprint density at radius 1 is 1.33 bits per heavy atom. The Morgan fingerprint density at radius 3 is 2.17 bits per heavy atom. The normalized spacial score (nSPS) is 13.5. The summed E-state index contributed by atoms with van der Waals surface area (Å²) in [5.41, 5.74) is 0. The maximum absolute atomic E-state index is 8.78. The molecule has 0 radical (unpaired) electrons. The van der Waals surface area contributed by atoms with Gasteiger partial charge in [0, 0.05) is 11.9 Å². The van der Waals surface area contributed by atoms with Crippen molar-refractivity contribution >= 4 is 24.0 Å².